The van der Waals surface area contributed by atoms with E-state index in [2.05, 4.69) is 37.1 Å². The Bertz CT molecular complexity index is 306. The van der Waals surface area contributed by atoms with Gasteiger partial charge in [-0.25, -0.2) is 0 Å². The van der Waals surface area contributed by atoms with Crippen molar-refractivity contribution < 1.29 is 4.79 Å². The third-order valence-electron chi connectivity index (χ3n) is 2.14. The Morgan fingerprint density at radius 1 is 1.21 bits per heavy atom. The van der Waals surface area contributed by atoms with Crippen molar-refractivity contribution in [2.75, 3.05) is 25.5 Å². The quantitative estimate of drug-likeness (QED) is 0.357. The van der Waals surface area contributed by atoms with Gasteiger partial charge >= 0.3 is 0 Å². The number of thiol groups is 1. The van der Waals surface area contributed by atoms with Crippen molar-refractivity contribution in [3.63, 3.8) is 0 Å². The second-order valence-corrected chi connectivity index (χ2v) is 6.60. The Labute approximate surface area is 135 Å². The number of thioether (sulfide) groups is 1. The summed E-state index contributed by atoms with van der Waals surface area (Å²) in [5.74, 6) is 0.507. The largest absolute Gasteiger partial charge is 0.354 e. The van der Waals surface area contributed by atoms with Crippen molar-refractivity contribution in [3.8, 4) is 0 Å². The maximum Gasteiger partial charge on any atom is 0.233 e. The zero-order chi connectivity index (χ0) is 14.7. The fourth-order valence-electron chi connectivity index (χ4n) is 1.36. The second-order valence-electron chi connectivity index (χ2n) is 3.79. The zero-order valence-electron chi connectivity index (χ0n) is 11.3. The predicted molar refractivity (Wildman–Crippen MR) is 94.9 cm³/mol. The van der Waals surface area contributed by atoms with Crippen LogP contribution in [0.15, 0.2) is 0 Å². The van der Waals surface area contributed by atoms with Gasteiger partial charge < -0.3 is 15.5 Å². The summed E-state index contributed by atoms with van der Waals surface area (Å²) in [5.41, 5.74) is 0. The van der Waals surface area contributed by atoms with E-state index in [-0.39, 0.29) is 5.91 Å². The number of amides is 1. The molecule has 0 atom stereocenters. The Morgan fingerprint density at radius 2 is 1.79 bits per heavy atom. The average molecular weight is 340 g/mol. The third kappa shape index (κ3) is 10.4. The van der Waals surface area contributed by atoms with Gasteiger partial charge in [0.25, 0.3) is 0 Å². The lowest BCUT2D eigenvalue weighted by Crippen LogP contribution is -2.36. The predicted octanol–water partition coefficient (Wildman–Crippen LogP) is 2.00. The molecule has 0 saturated heterocycles. The molecule has 0 spiro atoms. The van der Waals surface area contributed by atoms with Crippen LogP contribution in [0, 0.1) is 0 Å². The highest BCUT2D eigenvalue weighted by atomic mass is 32.2. The van der Waals surface area contributed by atoms with Gasteiger partial charge in [-0.15, -0.1) is 12.6 Å². The lowest BCUT2D eigenvalue weighted by molar-refractivity contribution is -0.128. The molecule has 0 aliphatic carbocycles. The molecule has 0 aromatic carbocycles. The molecule has 0 saturated carbocycles. The summed E-state index contributed by atoms with van der Waals surface area (Å²) in [6.45, 7) is 6.18. The molecule has 4 nitrogen and oxygen atoms in total. The van der Waals surface area contributed by atoms with Gasteiger partial charge in [0.15, 0.2) is 0 Å². The van der Waals surface area contributed by atoms with Crippen LogP contribution in [0.5, 0.6) is 0 Å². The maximum atomic E-state index is 12.0. The van der Waals surface area contributed by atoms with E-state index < -0.39 is 0 Å². The molecule has 0 bridgehead atoms. The highest BCUT2D eigenvalue weighted by molar-refractivity contribution is 8.23. The van der Waals surface area contributed by atoms with Gasteiger partial charge in [-0.3, -0.25) is 4.79 Å². The Hall–Kier alpha value is -0.0500. The summed E-state index contributed by atoms with van der Waals surface area (Å²) in [4.78, 5) is 13.9. The molecule has 110 valence electrons. The van der Waals surface area contributed by atoms with E-state index in [4.69, 9.17) is 24.4 Å². The molecule has 0 heterocycles. The van der Waals surface area contributed by atoms with Crippen LogP contribution in [0.4, 0.5) is 0 Å². The molecule has 2 N–H and O–H groups in total. The van der Waals surface area contributed by atoms with E-state index in [1.165, 1.54) is 11.8 Å². The first kappa shape index (κ1) is 18.9. The molecule has 0 radical (unpaired) electrons. The fourth-order valence-corrected chi connectivity index (χ4v) is 2.37. The maximum absolute atomic E-state index is 12.0. The molecule has 1 amide bonds. The van der Waals surface area contributed by atoms with Crippen molar-refractivity contribution in [1.29, 1.82) is 0 Å². The molecule has 8 heteroatoms. The van der Waals surface area contributed by atoms with Crippen LogP contribution in [0.2, 0.25) is 0 Å². The van der Waals surface area contributed by atoms with Crippen molar-refractivity contribution in [2.24, 2.45) is 0 Å². The van der Waals surface area contributed by atoms with E-state index in [9.17, 15) is 4.79 Å². The minimum atomic E-state index is 0.135. The van der Waals surface area contributed by atoms with Crippen molar-refractivity contribution in [2.45, 2.75) is 26.7 Å². The molecule has 0 aromatic heterocycles. The Balaban J connectivity index is 3.91. The minimum absolute atomic E-state index is 0.135. The molecule has 0 aromatic rings. The molecular weight excluding hydrogens is 318 g/mol. The lowest BCUT2D eigenvalue weighted by Gasteiger charge is -2.21. The SMILES string of the molecule is CCCN(CCC)C(=O)CSC(=S)NCNC(=S)S. The van der Waals surface area contributed by atoms with Gasteiger partial charge in [0.1, 0.15) is 8.64 Å². The van der Waals surface area contributed by atoms with Crippen molar-refractivity contribution >= 4 is 63.4 Å². The van der Waals surface area contributed by atoms with Crippen LogP contribution in [-0.4, -0.2) is 45.0 Å². The summed E-state index contributed by atoms with van der Waals surface area (Å²) in [7, 11) is 0. The molecule has 0 aliphatic rings. The first-order valence-electron chi connectivity index (χ1n) is 6.16. The van der Waals surface area contributed by atoms with Crippen LogP contribution in [0.3, 0.4) is 0 Å². The summed E-state index contributed by atoms with van der Waals surface area (Å²) in [5, 5.41) is 5.76. The van der Waals surface area contributed by atoms with E-state index >= 15 is 0 Å². The van der Waals surface area contributed by atoms with E-state index in [0.717, 1.165) is 25.9 Å². The number of rotatable bonds is 8. The summed E-state index contributed by atoms with van der Waals surface area (Å²) < 4.78 is 0.992. The number of hydrogen-bond acceptors (Lipinski definition) is 4. The van der Waals surface area contributed by atoms with Crippen LogP contribution in [-0.2, 0) is 4.79 Å². The van der Waals surface area contributed by atoms with Gasteiger partial charge in [0, 0.05) is 13.1 Å². The van der Waals surface area contributed by atoms with E-state index in [1.54, 1.807) is 0 Å². The number of carbonyl (C=O) groups is 1. The highest BCUT2D eigenvalue weighted by Crippen LogP contribution is 2.05. The number of thiocarbonyl (C=S) groups is 2. The van der Waals surface area contributed by atoms with Crippen LogP contribution in [0.1, 0.15) is 26.7 Å². The lowest BCUT2D eigenvalue weighted by atomic mass is 10.3. The average Bonchev–Trinajstić information content (AvgIpc) is 2.35. The van der Waals surface area contributed by atoms with Crippen LogP contribution in [0.25, 0.3) is 0 Å². The normalized spacial score (nSPS) is 9.84. The third-order valence-corrected chi connectivity index (χ3v) is 3.74. The Kier molecular flexibility index (Phi) is 11.7. The second kappa shape index (κ2) is 11.7. The smallest absolute Gasteiger partial charge is 0.233 e. The van der Waals surface area contributed by atoms with Gasteiger partial charge in [0.2, 0.25) is 5.91 Å². The zero-order valence-corrected chi connectivity index (χ0v) is 14.6. The van der Waals surface area contributed by atoms with Crippen LogP contribution >= 0.6 is 48.8 Å². The molecular formula is C11H21N3OS4. The van der Waals surface area contributed by atoms with E-state index in [1.807, 2.05) is 4.90 Å². The fraction of sp³-hybridized carbons (Fsp3) is 0.727. The highest BCUT2D eigenvalue weighted by Gasteiger charge is 2.12. The first-order chi connectivity index (χ1) is 9.01. The van der Waals surface area contributed by atoms with E-state index in [0.29, 0.717) is 21.1 Å². The molecule has 19 heavy (non-hydrogen) atoms. The molecule has 0 rings (SSSR count). The molecule has 0 aliphatic heterocycles. The van der Waals surface area contributed by atoms with Crippen molar-refractivity contribution in [3.05, 3.63) is 0 Å². The van der Waals surface area contributed by atoms with Gasteiger partial charge in [-0.1, -0.05) is 50.0 Å². The monoisotopic (exact) mass is 339 g/mol. The van der Waals surface area contributed by atoms with Gasteiger partial charge in [-0.2, -0.15) is 0 Å². The number of nitrogens with one attached hydrogen (secondary N) is 2. The van der Waals surface area contributed by atoms with Gasteiger partial charge in [-0.05, 0) is 12.8 Å². The standard InChI is InChI=1S/C11H21N3OS4/c1-3-5-14(6-4-2)9(15)7-19-11(18)13-8-12-10(16)17/h3-8H2,1-2H3,(H,13,18)(H2,12,16,17). The first-order valence-corrected chi connectivity index (χ1v) is 8.41. The van der Waals surface area contributed by atoms with Gasteiger partial charge in [0.05, 0.1) is 12.4 Å². The number of carbonyl (C=O) groups excluding carboxylic acids is 1. The Morgan fingerprint density at radius 3 is 2.26 bits per heavy atom. The van der Waals surface area contributed by atoms with Crippen LogP contribution < -0.4 is 10.6 Å². The summed E-state index contributed by atoms with van der Waals surface area (Å²) in [6, 6.07) is 0. The number of hydrogen-bond donors (Lipinski definition) is 3. The topological polar surface area (TPSA) is 44.4 Å². The minimum Gasteiger partial charge on any atom is -0.354 e. The molecule has 0 unspecified atom stereocenters. The summed E-state index contributed by atoms with van der Waals surface area (Å²) in [6.07, 6.45) is 1.95. The van der Waals surface area contributed by atoms with Crippen molar-refractivity contribution in [1.82, 2.24) is 15.5 Å². The number of nitrogens with zero attached hydrogens (tertiary/aromatic N) is 1. The molecule has 0 fully saturated rings. The summed E-state index contributed by atoms with van der Waals surface area (Å²) >= 11 is 15.1.